The van der Waals surface area contributed by atoms with Gasteiger partial charge in [-0.1, -0.05) is 11.6 Å². The van der Waals surface area contributed by atoms with Crippen molar-refractivity contribution in [3.63, 3.8) is 0 Å². The van der Waals surface area contributed by atoms with Crippen molar-refractivity contribution >= 4 is 11.6 Å². The van der Waals surface area contributed by atoms with Crippen LogP contribution in [0.1, 0.15) is 38.4 Å². The van der Waals surface area contributed by atoms with Crippen LogP contribution in [0.4, 0.5) is 0 Å². The van der Waals surface area contributed by atoms with Crippen molar-refractivity contribution in [3.05, 3.63) is 16.9 Å². The summed E-state index contributed by atoms with van der Waals surface area (Å²) in [6, 6.07) is 0.174. The first-order valence-corrected chi connectivity index (χ1v) is 5.96. The lowest BCUT2D eigenvalue weighted by Crippen LogP contribution is -2.38. The second-order valence-corrected chi connectivity index (χ2v) is 4.97. The molecule has 4 nitrogen and oxygen atoms in total. The highest BCUT2D eigenvalue weighted by molar-refractivity contribution is 6.31. The molecule has 1 atom stereocenters. The molecule has 0 radical (unpaired) electrons. The third-order valence-corrected chi connectivity index (χ3v) is 3.18. The van der Waals surface area contributed by atoms with Crippen molar-refractivity contribution in [3.8, 4) is 0 Å². The fraction of sp³-hybridized carbons (Fsp3) is 0.727. The molecule has 1 aromatic heterocycles. The lowest BCUT2D eigenvalue weighted by molar-refractivity contribution is -0.0954. The zero-order valence-electron chi connectivity index (χ0n) is 9.61. The van der Waals surface area contributed by atoms with Crippen molar-refractivity contribution in [2.24, 2.45) is 0 Å². The van der Waals surface area contributed by atoms with Crippen molar-refractivity contribution in [2.75, 3.05) is 13.2 Å². The molecule has 0 spiro atoms. The number of rotatable bonds is 2. The molecule has 5 heteroatoms. The first kappa shape index (κ1) is 11.9. The highest BCUT2D eigenvalue weighted by Gasteiger charge is 2.37. The first-order chi connectivity index (χ1) is 7.54. The zero-order chi connectivity index (χ0) is 11.8. The Labute approximate surface area is 100 Å². The van der Waals surface area contributed by atoms with Gasteiger partial charge in [0, 0.05) is 12.6 Å². The molecule has 2 heterocycles. The van der Waals surface area contributed by atoms with E-state index in [4.69, 9.17) is 16.3 Å². The number of halogens is 1. The smallest absolute Gasteiger partial charge is 0.131 e. The summed E-state index contributed by atoms with van der Waals surface area (Å²) in [5.74, 6) is 0. The summed E-state index contributed by atoms with van der Waals surface area (Å²) in [5.41, 5.74) is -0.306. The van der Waals surface area contributed by atoms with Crippen molar-refractivity contribution in [1.29, 1.82) is 0 Å². The highest BCUT2D eigenvalue weighted by Crippen LogP contribution is 2.35. The van der Waals surface area contributed by atoms with E-state index in [0.29, 0.717) is 30.4 Å². The van der Waals surface area contributed by atoms with Crippen LogP contribution < -0.4 is 0 Å². The molecular formula is C11H17ClN2O2. The maximum absolute atomic E-state index is 10.6. The van der Waals surface area contributed by atoms with E-state index in [-0.39, 0.29) is 6.04 Å². The molecule has 1 N–H and O–H groups in total. The topological polar surface area (TPSA) is 47.3 Å². The molecule has 0 amide bonds. The molecule has 0 aliphatic carbocycles. The standard InChI is InChI=1S/C11H17ClN2O2/c1-8(2)14-10(9(12)6-13-14)11(15)4-3-5-16-7-11/h6,8,15H,3-5,7H2,1-2H3. The van der Waals surface area contributed by atoms with Crippen molar-refractivity contribution in [2.45, 2.75) is 38.3 Å². The summed E-state index contributed by atoms with van der Waals surface area (Å²) in [4.78, 5) is 0. The van der Waals surface area contributed by atoms with E-state index in [0.717, 1.165) is 6.42 Å². The summed E-state index contributed by atoms with van der Waals surface area (Å²) >= 11 is 6.11. The maximum Gasteiger partial charge on any atom is 0.131 e. The van der Waals surface area contributed by atoms with E-state index < -0.39 is 5.60 Å². The molecule has 16 heavy (non-hydrogen) atoms. The van der Waals surface area contributed by atoms with E-state index in [1.807, 2.05) is 13.8 Å². The first-order valence-electron chi connectivity index (χ1n) is 5.58. The van der Waals surface area contributed by atoms with Gasteiger partial charge in [-0.2, -0.15) is 5.10 Å². The number of aromatic nitrogens is 2. The summed E-state index contributed by atoms with van der Waals surface area (Å²) in [6.07, 6.45) is 3.10. The SMILES string of the molecule is CC(C)n1ncc(Cl)c1C1(O)CCCOC1. The zero-order valence-corrected chi connectivity index (χ0v) is 10.4. The van der Waals surface area contributed by atoms with Gasteiger partial charge in [0.15, 0.2) is 0 Å². The van der Waals surface area contributed by atoms with Crippen LogP contribution in [0.2, 0.25) is 5.02 Å². The molecule has 0 saturated carbocycles. The van der Waals surface area contributed by atoms with Gasteiger partial charge in [0.1, 0.15) is 5.60 Å². The molecule has 0 bridgehead atoms. The molecule has 2 rings (SSSR count). The summed E-state index contributed by atoms with van der Waals surface area (Å²) in [7, 11) is 0. The van der Waals surface area contributed by atoms with Crippen LogP contribution in [0.15, 0.2) is 6.20 Å². The van der Waals surface area contributed by atoms with Crippen LogP contribution in [0, 0.1) is 0 Å². The van der Waals surface area contributed by atoms with Gasteiger partial charge < -0.3 is 9.84 Å². The van der Waals surface area contributed by atoms with Gasteiger partial charge in [0.2, 0.25) is 0 Å². The molecule has 90 valence electrons. The predicted molar refractivity (Wildman–Crippen MR) is 61.6 cm³/mol. The Balaban J connectivity index is 2.41. The Morgan fingerprint density at radius 2 is 2.38 bits per heavy atom. The minimum absolute atomic E-state index is 0.174. The molecule has 0 aromatic carbocycles. The van der Waals surface area contributed by atoms with Crippen LogP contribution in [-0.2, 0) is 10.3 Å². The lowest BCUT2D eigenvalue weighted by Gasteiger charge is -2.33. The molecular weight excluding hydrogens is 228 g/mol. The predicted octanol–water partition coefficient (Wildman–Crippen LogP) is 2.12. The van der Waals surface area contributed by atoms with Crippen LogP contribution in [0.3, 0.4) is 0 Å². The van der Waals surface area contributed by atoms with Crippen LogP contribution in [0.5, 0.6) is 0 Å². The number of hydrogen-bond donors (Lipinski definition) is 1. The normalized spacial score (nSPS) is 26.3. The second kappa shape index (κ2) is 4.35. The van der Waals surface area contributed by atoms with Gasteiger partial charge in [-0.15, -0.1) is 0 Å². The van der Waals surface area contributed by atoms with E-state index in [1.54, 1.807) is 10.9 Å². The Hall–Kier alpha value is -0.580. The molecule has 1 saturated heterocycles. The van der Waals surface area contributed by atoms with Gasteiger partial charge in [0.05, 0.1) is 23.5 Å². The third-order valence-electron chi connectivity index (χ3n) is 2.90. The Kier molecular flexibility index (Phi) is 3.24. The highest BCUT2D eigenvalue weighted by atomic mass is 35.5. The number of aliphatic hydroxyl groups is 1. The minimum atomic E-state index is -0.990. The Morgan fingerprint density at radius 3 is 2.94 bits per heavy atom. The van der Waals surface area contributed by atoms with E-state index >= 15 is 0 Å². The van der Waals surface area contributed by atoms with Gasteiger partial charge in [-0.3, -0.25) is 4.68 Å². The van der Waals surface area contributed by atoms with Gasteiger partial charge in [-0.05, 0) is 26.7 Å². The van der Waals surface area contributed by atoms with E-state index in [2.05, 4.69) is 5.10 Å². The fourth-order valence-electron chi connectivity index (χ4n) is 2.13. The van der Waals surface area contributed by atoms with Crippen molar-refractivity contribution < 1.29 is 9.84 Å². The summed E-state index contributed by atoms with van der Waals surface area (Å²) in [6.45, 7) is 5.03. The van der Waals surface area contributed by atoms with E-state index in [9.17, 15) is 5.11 Å². The Morgan fingerprint density at radius 1 is 1.62 bits per heavy atom. The molecule has 1 aliphatic rings. The number of hydrogen-bond acceptors (Lipinski definition) is 3. The molecule has 1 fully saturated rings. The average molecular weight is 245 g/mol. The molecule has 1 aromatic rings. The largest absolute Gasteiger partial charge is 0.381 e. The molecule has 1 aliphatic heterocycles. The minimum Gasteiger partial charge on any atom is -0.381 e. The monoisotopic (exact) mass is 244 g/mol. The third kappa shape index (κ3) is 1.97. The summed E-state index contributed by atoms with van der Waals surface area (Å²) < 4.78 is 7.12. The number of nitrogens with zero attached hydrogens (tertiary/aromatic N) is 2. The average Bonchev–Trinajstić information content (AvgIpc) is 2.62. The maximum atomic E-state index is 10.6. The van der Waals surface area contributed by atoms with E-state index in [1.165, 1.54) is 0 Å². The van der Waals surface area contributed by atoms with Crippen LogP contribution >= 0.6 is 11.6 Å². The van der Waals surface area contributed by atoms with Gasteiger partial charge in [0.25, 0.3) is 0 Å². The van der Waals surface area contributed by atoms with Crippen LogP contribution in [0.25, 0.3) is 0 Å². The van der Waals surface area contributed by atoms with Crippen molar-refractivity contribution in [1.82, 2.24) is 9.78 Å². The number of ether oxygens (including phenoxy) is 1. The molecule has 1 unspecified atom stereocenters. The lowest BCUT2D eigenvalue weighted by atomic mass is 9.92. The van der Waals surface area contributed by atoms with Gasteiger partial charge in [-0.25, -0.2) is 0 Å². The summed E-state index contributed by atoms with van der Waals surface area (Å²) in [5, 5.41) is 15.3. The van der Waals surface area contributed by atoms with Crippen LogP contribution in [-0.4, -0.2) is 28.1 Å². The fourth-order valence-corrected chi connectivity index (χ4v) is 2.44. The van der Waals surface area contributed by atoms with Gasteiger partial charge >= 0.3 is 0 Å². The Bertz CT molecular complexity index is 370. The quantitative estimate of drug-likeness (QED) is 0.867. The second-order valence-electron chi connectivity index (χ2n) is 4.57.